The van der Waals surface area contributed by atoms with Crippen molar-refractivity contribution in [2.24, 2.45) is 10.9 Å². The molecule has 1 aliphatic heterocycles. The van der Waals surface area contributed by atoms with Crippen molar-refractivity contribution >= 4 is 5.84 Å². The maximum absolute atomic E-state index is 13.3. The number of hydrogen-bond acceptors (Lipinski definition) is 4. The van der Waals surface area contributed by atoms with Crippen molar-refractivity contribution in [1.82, 2.24) is 4.90 Å². The molecule has 0 bridgehead atoms. The van der Waals surface area contributed by atoms with Gasteiger partial charge in [0.15, 0.2) is 5.84 Å². The van der Waals surface area contributed by atoms with Crippen molar-refractivity contribution in [3.63, 3.8) is 0 Å². The lowest BCUT2D eigenvalue weighted by Crippen LogP contribution is -2.36. The molecule has 1 heterocycles. The first-order valence-electron chi connectivity index (χ1n) is 6.61. The van der Waals surface area contributed by atoms with Gasteiger partial charge in [0.2, 0.25) is 0 Å². The maximum atomic E-state index is 13.3. The Balaban J connectivity index is 2.20. The van der Waals surface area contributed by atoms with E-state index in [1.54, 1.807) is 6.07 Å². The highest BCUT2D eigenvalue weighted by molar-refractivity contribution is 5.98. The molecule has 1 aromatic rings. The summed E-state index contributed by atoms with van der Waals surface area (Å²) in [5.74, 6) is -0.487. The third-order valence-electron chi connectivity index (χ3n) is 3.78. The average Bonchev–Trinajstić information content (AvgIpc) is 2.86. The van der Waals surface area contributed by atoms with Gasteiger partial charge in [-0.25, -0.2) is 4.39 Å². The van der Waals surface area contributed by atoms with E-state index < -0.39 is 5.82 Å². The first kappa shape index (κ1) is 14.7. The van der Waals surface area contributed by atoms with Crippen LogP contribution >= 0.6 is 0 Å². The first-order chi connectivity index (χ1) is 9.52. The molecule has 2 unspecified atom stereocenters. The Hall–Kier alpha value is -1.66. The summed E-state index contributed by atoms with van der Waals surface area (Å²) >= 11 is 0. The largest absolute Gasteiger partial charge is 0.409 e. The number of benzene rings is 1. The van der Waals surface area contributed by atoms with Gasteiger partial charge in [0.05, 0.1) is 6.10 Å². The zero-order chi connectivity index (χ0) is 14.7. The van der Waals surface area contributed by atoms with Crippen LogP contribution in [0.4, 0.5) is 4.39 Å². The van der Waals surface area contributed by atoms with Gasteiger partial charge in [0, 0.05) is 24.8 Å². The van der Waals surface area contributed by atoms with Crippen LogP contribution in [0.1, 0.15) is 24.5 Å². The van der Waals surface area contributed by atoms with Gasteiger partial charge < -0.3 is 15.7 Å². The van der Waals surface area contributed by atoms with Crippen molar-refractivity contribution < 1.29 is 14.3 Å². The molecule has 0 amide bonds. The van der Waals surface area contributed by atoms with Crippen LogP contribution in [0.3, 0.4) is 0 Å². The average molecular weight is 281 g/mol. The van der Waals surface area contributed by atoms with Crippen LogP contribution < -0.4 is 5.73 Å². The van der Waals surface area contributed by atoms with Crippen LogP contribution in [0.25, 0.3) is 0 Å². The third-order valence-corrected chi connectivity index (χ3v) is 3.78. The highest BCUT2D eigenvalue weighted by atomic mass is 19.1. The highest BCUT2D eigenvalue weighted by Gasteiger charge is 2.28. The molecule has 0 aromatic heterocycles. The van der Waals surface area contributed by atoms with E-state index in [9.17, 15) is 4.39 Å². The molecule has 0 radical (unpaired) electrons. The van der Waals surface area contributed by atoms with Gasteiger partial charge in [-0.15, -0.1) is 0 Å². The number of hydrogen-bond donors (Lipinski definition) is 2. The number of oxime groups is 1. The molecule has 1 fully saturated rings. The molecule has 2 rings (SSSR count). The molecule has 1 aromatic carbocycles. The fourth-order valence-electron chi connectivity index (χ4n) is 2.66. The van der Waals surface area contributed by atoms with Crippen LogP contribution in [0.5, 0.6) is 0 Å². The molecule has 1 saturated heterocycles. The minimum atomic E-state index is -0.407. The van der Waals surface area contributed by atoms with Gasteiger partial charge in [0.25, 0.3) is 0 Å². The van der Waals surface area contributed by atoms with E-state index in [2.05, 4.69) is 10.1 Å². The van der Waals surface area contributed by atoms with Crippen molar-refractivity contribution in [3.8, 4) is 0 Å². The van der Waals surface area contributed by atoms with Crippen LogP contribution in [0.15, 0.2) is 23.4 Å². The number of ether oxygens (including phenoxy) is 1. The summed E-state index contributed by atoms with van der Waals surface area (Å²) in [6.45, 7) is 3.39. The number of amidine groups is 1. The van der Waals surface area contributed by atoms with Crippen LogP contribution in [-0.2, 0) is 11.3 Å². The molecule has 0 aliphatic carbocycles. The van der Waals surface area contributed by atoms with Gasteiger partial charge in [0.1, 0.15) is 5.82 Å². The normalized spacial score (nSPS) is 23.5. The molecule has 20 heavy (non-hydrogen) atoms. The number of nitrogens with zero attached hydrogens (tertiary/aromatic N) is 2. The monoisotopic (exact) mass is 281 g/mol. The van der Waals surface area contributed by atoms with Crippen LogP contribution in [-0.4, -0.2) is 41.7 Å². The van der Waals surface area contributed by atoms with Crippen molar-refractivity contribution in [2.45, 2.75) is 32.0 Å². The number of rotatable bonds is 4. The summed E-state index contributed by atoms with van der Waals surface area (Å²) < 4.78 is 18.9. The molecule has 2 atom stereocenters. The Bertz CT molecular complexity index is 507. The smallest absolute Gasteiger partial charge is 0.170 e. The second-order valence-electron chi connectivity index (χ2n) is 5.13. The Labute approximate surface area is 117 Å². The lowest BCUT2D eigenvalue weighted by Gasteiger charge is -2.27. The number of halogens is 1. The zero-order valence-electron chi connectivity index (χ0n) is 11.7. The standard InChI is InChI=1S/C14H20FN3O2/c1-9-13(5-6-20-9)18(2)8-10-3-4-11(15)7-12(10)14(16)17-19/h3-4,7,9,13,19H,5-6,8H2,1-2H3,(H2,16,17). The van der Waals surface area contributed by atoms with Gasteiger partial charge in [-0.2, -0.15) is 0 Å². The minimum Gasteiger partial charge on any atom is -0.409 e. The highest BCUT2D eigenvalue weighted by Crippen LogP contribution is 2.21. The summed E-state index contributed by atoms with van der Waals surface area (Å²) in [4.78, 5) is 2.15. The Morgan fingerprint density at radius 2 is 2.35 bits per heavy atom. The predicted molar refractivity (Wildman–Crippen MR) is 74.2 cm³/mol. The van der Waals surface area contributed by atoms with E-state index in [0.29, 0.717) is 18.2 Å². The molecule has 110 valence electrons. The van der Waals surface area contributed by atoms with E-state index in [1.807, 2.05) is 14.0 Å². The van der Waals surface area contributed by atoms with Crippen molar-refractivity contribution in [2.75, 3.05) is 13.7 Å². The van der Waals surface area contributed by atoms with E-state index in [0.717, 1.165) is 18.6 Å². The fraction of sp³-hybridized carbons (Fsp3) is 0.500. The third kappa shape index (κ3) is 3.08. The van der Waals surface area contributed by atoms with Crippen molar-refractivity contribution in [1.29, 1.82) is 0 Å². The van der Waals surface area contributed by atoms with Crippen molar-refractivity contribution in [3.05, 3.63) is 35.1 Å². The first-order valence-corrected chi connectivity index (χ1v) is 6.61. The van der Waals surface area contributed by atoms with E-state index in [1.165, 1.54) is 12.1 Å². The molecule has 0 saturated carbocycles. The summed E-state index contributed by atoms with van der Waals surface area (Å²) in [5.41, 5.74) is 6.86. The molecule has 1 aliphatic rings. The number of likely N-dealkylation sites (N-methyl/N-ethyl adjacent to an activating group) is 1. The minimum absolute atomic E-state index is 0.0800. The van der Waals surface area contributed by atoms with E-state index >= 15 is 0 Å². The Kier molecular flexibility index (Phi) is 4.57. The lowest BCUT2D eigenvalue weighted by atomic mass is 10.0. The second-order valence-corrected chi connectivity index (χ2v) is 5.13. The van der Waals surface area contributed by atoms with Gasteiger partial charge in [-0.1, -0.05) is 11.2 Å². The summed E-state index contributed by atoms with van der Waals surface area (Å²) in [7, 11) is 2.00. The lowest BCUT2D eigenvalue weighted by molar-refractivity contribution is 0.0814. The summed E-state index contributed by atoms with van der Waals surface area (Å²) in [6.07, 6.45) is 1.14. The van der Waals surface area contributed by atoms with E-state index in [-0.39, 0.29) is 11.9 Å². The van der Waals surface area contributed by atoms with Crippen LogP contribution in [0.2, 0.25) is 0 Å². The Morgan fingerprint density at radius 3 is 2.95 bits per heavy atom. The molecule has 6 heteroatoms. The van der Waals surface area contributed by atoms with Gasteiger partial charge in [-0.3, -0.25) is 4.90 Å². The molecular formula is C14H20FN3O2. The Morgan fingerprint density at radius 1 is 1.60 bits per heavy atom. The SMILES string of the molecule is CC1OCCC1N(C)Cc1ccc(F)cc1/C(N)=N/O. The number of nitrogens with two attached hydrogens (primary N) is 1. The van der Waals surface area contributed by atoms with Gasteiger partial charge in [-0.05, 0) is 38.1 Å². The van der Waals surface area contributed by atoms with E-state index in [4.69, 9.17) is 15.7 Å². The fourth-order valence-corrected chi connectivity index (χ4v) is 2.66. The molecular weight excluding hydrogens is 261 g/mol. The second kappa shape index (κ2) is 6.19. The van der Waals surface area contributed by atoms with Crippen LogP contribution in [0, 0.1) is 5.82 Å². The summed E-state index contributed by atoms with van der Waals surface area (Å²) in [6, 6.07) is 4.65. The molecule has 3 N–H and O–H groups in total. The maximum Gasteiger partial charge on any atom is 0.170 e. The van der Waals surface area contributed by atoms with Gasteiger partial charge >= 0.3 is 0 Å². The topological polar surface area (TPSA) is 71.1 Å². The molecule has 0 spiro atoms. The predicted octanol–water partition coefficient (Wildman–Crippen LogP) is 1.53. The quantitative estimate of drug-likeness (QED) is 0.380. The summed E-state index contributed by atoms with van der Waals surface area (Å²) in [5, 5.41) is 11.8. The molecule has 5 nitrogen and oxygen atoms in total. The zero-order valence-corrected chi connectivity index (χ0v) is 11.7.